The predicted octanol–water partition coefficient (Wildman–Crippen LogP) is 4.95. The van der Waals surface area contributed by atoms with E-state index in [0.717, 1.165) is 11.4 Å². The Morgan fingerprint density at radius 3 is 2.29 bits per heavy atom. The van der Waals surface area contributed by atoms with Gasteiger partial charge in [-0.05, 0) is 59.1 Å². The van der Waals surface area contributed by atoms with Crippen LogP contribution in [0.3, 0.4) is 0 Å². The van der Waals surface area contributed by atoms with Crippen LogP contribution in [0.1, 0.15) is 11.1 Å². The molecule has 0 aromatic heterocycles. The van der Waals surface area contributed by atoms with Crippen LogP contribution in [0.15, 0.2) is 40.9 Å². The molecule has 0 saturated heterocycles. The lowest BCUT2D eigenvalue weighted by Gasteiger charge is -2.12. The number of nitrogens with one attached hydrogen (secondary N) is 1. The summed E-state index contributed by atoms with van der Waals surface area (Å²) in [4.78, 5) is 0. The van der Waals surface area contributed by atoms with Crippen LogP contribution in [0.4, 0.5) is 15.8 Å². The maximum Gasteiger partial charge on any atom is 0.137 e. The number of benzene rings is 2. The fraction of sp³-hybridized carbons (Fsp3) is 0.143. The minimum absolute atomic E-state index is 0.253. The molecule has 0 spiro atoms. The molecular formula is C14H13BrFN. The third-order valence-corrected chi connectivity index (χ3v) is 3.28. The largest absolute Gasteiger partial charge is 0.355 e. The Balaban J connectivity index is 2.35. The lowest BCUT2D eigenvalue weighted by molar-refractivity contribution is 0.621. The highest BCUT2D eigenvalue weighted by molar-refractivity contribution is 9.10. The molecule has 2 aromatic carbocycles. The fourth-order valence-electron chi connectivity index (χ4n) is 1.73. The van der Waals surface area contributed by atoms with Crippen LogP contribution in [0.25, 0.3) is 0 Å². The Hall–Kier alpha value is -1.35. The third-order valence-electron chi connectivity index (χ3n) is 2.67. The standard InChI is InChI=1S/C14H13BrFN/c1-9-4-3-5-10(2)14(9)17-11-6-7-13(16)12(15)8-11/h3-8,17H,1-2H3. The second-order valence-corrected chi connectivity index (χ2v) is 4.88. The van der Waals surface area contributed by atoms with Crippen molar-refractivity contribution < 1.29 is 4.39 Å². The van der Waals surface area contributed by atoms with Gasteiger partial charge in [-0.1, -0.05) is 18.2 Å². The molecule has 0 heterocycles. The average molecular weight is 294 g/mol. The normalized spacial score (nSPS) is 10.4. The molecule has 0 amide bonds. The molecule has 0 aliphatic heterocycles. The summed E-state index contributed by atoms with van der Waals surface area (Å²) in [6, 6.07) is 11.0. The monoisotopic (exact) mass is 293 g/mol. The second-order valence-electron chi connectivity index (χ2n) is 4.02. The zero-order chi connectivity index (χ0) is 12.4. The van der Waals surface area contributed by atoms with Gasteiger partial charge in [-0.3, -0.25) is 0 Å². The SMILES string of the molecule is Cc1cccc(C)c1Nc1ccc(F)c(Br)c1. The number of aryl methyl sites for hydroxylation is 2. The fourth-order valence-corrected chi connectivity index (χ4v) is 2.11. The Bertz CT molecular complexity index is 532. The highest BCUT2D eigenvalue weighted by Gasteiger charge is 2.04. The Morgan fingerprint density at radius 1 is 1.06 bits per heavy atom. The van der Waals surface area contributed by atoms with E-state index in [4.69, 9.17) is 0 Å². The Morgan fingerprint density at radius 2 is 1.71 bits per heavy atom. The van der Waals surface area contributed by atoms with Crippen molar-refractivity contribution in [3.8, 4) is 0 Å². The maximum absolute atomic E-state index is 13.1. The smallest absolute Gasteiger partial charge is 0.137 e. The Kier molecular flexibility index (Phi) is 3.48. The van der Waals surface area contributed by atoms with Gasteiger partial charge in [-0.15, -0.1) is 0 Å². The lowest BCUT2D eigenvalue weighted by atomic mass is 10.1. The van der Waals surface area contributed by atoms with Crippen LogP contribution in [0.5, 0.6) is 0 Å². The molecule has 0 atom stereocenters. The number of hydrogen-bond acceptors (Lipinski definition) is 1. The topological polar surface area (TPSA) is 12.0 Å². The predicted molar refractivity (Wildman–Crippen MR) is 73.3 cm³/mol. The van der Waals surface area contributed by atoms with Gasteiger partial charge in [0.05, 0.1) is 4.47 Å². The molecule has 0 aliphatic carbocycles. The highest BCUT2D eigenvalue weighted by Crippen LogP contribution is 2.27. The average Bonchev–Trinajstić information content (AvgIpc) is 2.28. The third kappa shape index (κ3) is 2.67. The Labute approximate surface area is 109 Å². The van der Waals surface area contributed by atoms with Gasteiger partial charge in [-0.2, -0.15) is 0 Å². The number of hydrogen-bond donors (Lipinski definition) is 1. The summed E-state index contributed by atoms with van der Waals surface area (Å²) in [6.07, 6.45) is 0. The van der Waals surface area contributed by atoms with Crippen molar-refractivity contribution in [1.82, 2.24) is 0 Å². The number of halogens is 2. The molecule has 17 heavy (non-hydrogen) atoms. The van der Waals surface area contributed by atoms with E-state index < -0.39 is 0 Å². The van der Waals surface area contributed by atoms with Crippen molar-refractivity contribution in [3.05, 3.63) is 57.8 Å². The first-order chi connectivity index (χ1) is 8.08. The van der Waals surface area contributed by atoms with Crippen molar-refractivity contribution in [1.29, 1.82) is 0 Å². The van der Waals surface area contributed by atoms with Gasteiger partial charge in [0, 0.05) is 11.4 Å². The summed E-state index contributed by atoms with van der Waals surface area (Å²) in [5.74, 6) is -0.253. The van der Waals surface area contributed by atoms with Gasteiger partial charge in [-0.25, -0.2) is 4.39 Å². The van der Waals surface area contributed by atoms with Crippen LogP contribution in [-0.4, -0.2) is 0 Å². The summed E-state index contributed by atoms with van der Waals surface area (Å²) in [5, 5.41) is 3.31. The molecule has 3 heteroatoms. The molecular weight excluding hydrogens is 281 g/mol. The molecule has 0 bridgehead atoms. The van der Waals surface area contributed by atoms with Gasteiger partial charge < -0.3 is 5.32 Å². The maximum atomic E-state index is 13.1. The van der Waals surface area contributed by atoms with E-state index in [1.54, 1.807) is 12.1 Å². The van der Waals surface area contributed by atoms with Crippen LogP contribution < -0.4 is 5.32 Å². The zero-order valence-corrected chi connectivity index (χ0v) is 11.3. The van der Waals surface area contributed by atoms with Gasteiger partial charge in [0.25, 0.3) is 0 Å². The lowest BCUT2D eigenvalue weighted by Crippen LogP contribution is -1.96. The highest BCUT2D eigenvalue weighted by atomic mass is 79.9. The van der Waals surface area contributed by atoms with E-state index in [-0.39, 0.29) is 5.82 Å². The van der Waals surface area contributed by atoms with Crippen LogP contribution in [0, 0.1) is 19.7 Å². The molecule has 0 fully saturated rings. The minimum atomic E-state index is -0.253. The molecule has 1 N–H and O–H groups in total. The molecule has 0 aliphatic rings. The summed E-state index contributed by atoms with van der Waals surface area (Å²) in [5.41, 5.74) is 4.29. The molecule has 1 nitrogen and oxygen atoms in total. The summed E-state index contributed by atoms with van der Waals surface area (Å²) in [7, 11) is 0. The van der Waals surface area contributed by atoms with Crippen molar-refractivity contribution in [2.75, 3.05) is 5.32 Å². The van der Waals surface area contributed by atoms with Gasteiger partial charge in [0.2, 0.25) is 0 Å². The minimum Gasteiger partial charge on any atom is -0.355 e. The summed E-state index contributed by atoms with van der Waals surface area (Å²) >= 11 is 3.18. The summed E-state index contributed by atoms with van der Waals surface area (Å²) < 4.78 is 13.6. The molecule has 0 saturated carbocycles. The van der Waals surface area contributed by atoms with E-state index >= 15 is 0 Å². The van der Waals surface area contributed by atoms with Gasteiger partial charge in [0.15, 0.2) is 0 Å². The molecule has 0 radical (unpaired) electrons. The molecule has 2 rings (SSSR count). The van der Waals surface area contributed by atoms with Gasteiger partial charge in [0.1, 0.15) is 5.82 Å². The van der Waals surface area contributed by atoms with E-state index in [0.29, 0.717) is 4.47 Å². The first kappa shape index (κ1) is 12.1. The van der Waals surface area contributed by atoms with E-state index in [1.165, 1.54) is 17.2 Å². The molecule has 0 unspecified atom stereocenters. The summed E-state index contributed by atoms with van der Waals surface area (Å²) in [6.45, 7) is 4.10. The van der Waals surface area contributed by atoms with Crippen LogP contribution in [0.2, 0.25) is 0 Å². The van der Waals surface area contributed by atoms with Crippen LogP contribution in [-0.2, 0) is 0 Å². The van der Waals surface area contributed by atoms with E-state index in [1.807, 2.05) is 32.0 Å². The van der Waals surface area contributed by atoms with Crippen molar-refractivity contribution in [3.63, 3.8) is 0 Å². The molecule has 88 valence electrons. The van der Waals surface area contributed by atoms with Crippen molar-refractivity contribution >= 4 is 27.3 Å². The first-order valence-electron chi connectivity index (χ1n) is 5.36. The van der Waals surface area contributed by atoms with Crippen LogP contribution >= 0.6 is 15.9 Å². The van der Waals surface area contributed by atoms with E-state index in [9.17, 15) is 4.39 Å². The first-order valence-corrected chi connectivity index (χ1v) is 6.15. The van der Waals surface area contributed by atoms with Crippen molar-refractivity contribution in [2.45, 2.75) is 13.8 Å². The van der Waals surface area contributed by atoms with Crippen molar-refractivity contribution in [2.24, 2.45) is 0 Å². The van der Waals surface area contributed by atoms with E-state index in [2.05, 4.69) is 21.2 Å². The van der Waals surface area contributed by atoms with Gasteiger partial charge >= 0.3 is 0 Å². The zero-order valence-electron chi connectivity index (χ0n) is 9.72. The number of anilines is 2. The second kappa shape index (κ2) is 4.88. The molecule has 2 aromatic rings. The number of para-hydroxylation sites is 1. The number of rotatable bonds is 2. The quantitative estimate of drug-likeness (QED) is 0.826.